The van der Waals surface area contributed by atoms with E-state index in [9.17, 15) is 9.18 Å². The number of nitrogens with two attached hydrogens (primary N) is 1. The van der Waals surface area contributed by atoms with E-state index in [0.29, 0.717) is 11.1 Å². The van der Waals surface area contributed by atoms with Crippen LogP contribution in [-0.2, 0) is 6.54 Å². The number of hydrogen-bond acceptors (Lipinski definition) is 3. The Kier molecular flexibility index (Phi) is 4.43. The van der Waals surface area contributed by atoms with E-state index in [1.165, 1.54) is 12.1 Å². The first-order chi connectivity index (χ1) is 9.88. The van der Waals surface area contributed by atoms with E-state index in [-0.39, 0.29) is 28.9 Å². The highest BCUT2D eigenvalue weighted by Crippen LogP contribution is 2.17. The summed E-state index contributed by atoms with van der Waals surface area (Å²) in [6.07, 6.45) is 0. The van der Waals surface area contributed by atoms with E-state index in [2.05, 4.69) is 10.3 Å². The molecule has 1 aromatic carbocycles. The van der Waals surface area contributed by atoms with Gasteiger partial charge in [0.1, 0.15) is 17.3 Å². The molecule has 2 aromatic rings. The Balaban J connectivity index is 2.13. The molecule has 4 nitrogen and oxygen atoms in total. The average Bonchev–Trinajstić information content (AvgIpc) is 2.44. The van der Waals surface area contributed by atoms with E-state index in [4.69, 9.17) is 17.3 Å². The number of nitrogens with zero attached hydrogens (tertiary/aromatic N) is 1. The number of hydrogen-bond donors (Lipinski definition) is 2. The van der Waals surface area contributed by atoms with Gasteiger partial charge in [0.2, 0.25) is 0 Å². The molecule has 0 unspecified atom stereocenters. The van der Waals surface area contributed by atoms with Crippen molar-refractivity contribution in [3.05, 3.63) is 57.5 Å². The lowest BCUT2D eigenvalue weighted by Gasteiger charge is -2.09. The number of amides is 1. The molecular weight excluding hydrogens is 293 g/mol. The molecule has 110 valence electrons. The third-order valence-electron chi connectivity index (χ3n) is 3.03. The molecule has 0 aliphatic heterocycles. The molecule has 1 heterocycles. The first-order valence-corrected chi connectivity index (χ1v) is 6.72. The summed E-state index contributed by atoms with van der Waals surface area (Å²) in [4.78, 5) is 15.9. The number of carbonyl (C=O) groups is 1. The number of benzene rings is 1. The highest BCUT2D eigenvalue weighted by molar-refractivity contribution is 6.33. The van der Waals surface area contributed by atoms with E-state index in [1.807, 2.05) is 0 Å². The van der Waals surface area contributed by atoms with Gasteiger partial charge >= 0.3 is 0 Å². The zero-order valence-electron chi connectivity index (χ0n) is 11.7. The number of halogens is 2. The molecule has 2 rings (SSSR count). The molecule has 1 aromatic heterocycles. The lowest BCUT2D eigenvalue weighted by atomic mass is 10.1. The maximum absolute atomic E-state index is 13.5. The van der Waals surface area contributed by atoms with Crippen LogP contribution in [0.2, 0.25) is 5.02 Å². The largest absolute Gasteiger partial charge is 0.384 e. The van der Waals surface area contributed by atoms with Crippen LogP contribution in [0.5, 0.6) is 0 Å². The van der Waals surface area contributed by atoms with Crippen molar-refractivity contribution < 1.29 is 9.18 Å². The van der Waals surface area contributed by atoms with Crippen molar-refractivity contribution in [1.29, 1.82) is 0 Å². The van der Waals surface area contributed by atoms with Crippen LogP contribution in [0, 0.1) is 19.7 Å². The van der Waals surface area contributed by atoms with E-state index in [0.717, 1.165) is 5.56 Å². The van der Waals surface area contributed by atoms with Crippen LogP contribution in [-0.4, -0.2) is 10.9 Å². The van der Waals surface area contributed by atoms with Crippen LogP contribution in [0.25, 0.3) is 0 Å². The van der Waals surface area contributed by atoms with Crippen LogP contribution in [0.4, 0.5) is 10.2 Å². The van der Waals surface area contributed by atoms with Crippen molar-refractivity contribution in [3.63, 3.8) is 0 Å². The van der Waals surface area contributed by atoms with Gasteiger partial charge in [0.15, 0.2) is 0 Å². The minimum atomic E-state index is -0.424. The molecule has 0 spiro atoms. The Hall–Kier alpha value is -2.14. The molecule has 3 N–H and O–H groups in total. The molecule has 0 atom stereocenters. The van der Waals surface area contributed by atoms with Gasteiger partial charge < -0.3 is 11.1 Å². The lowest BCUT2D eigenvalue weighted by Crippen LogP contribution is -2.24. The number of rotatable bonds is 3. The first-order valence-electron chi connectivity index (χ1n) is 6.34. The molecule has 0 saturated heterocycles. The monoisotopic (exact) mass is 307 g/mol. The number of pyridine rings is 1. The van der Waals surface area contributed by atoms with E-state index >= 15 is 0 Å². The van der Waals surface area contributed by atoms with E-state index < -0.39 is 5.91 Å². The van der Waals surface area contributed by atoms with Gasteiger partial charge in [-0.1, -0.05) is 23.7 Å². The third-order valence-corrected chi connectivity index (χ3v) is 3.34. The third kappa shape index (κ3) is 3.49. The Morgan fingerprint density at radius 1 is 1.33 bits per heavy atom. The van der Waals surface area contributed by atoms with Crippen LogP contribution in [0.15, 0.2) is 24.3 Å². The van der Waals surface area contributed by atoms with Crippen LogP contribution >= 0.6 is 11.6 Å². The van der Waals surface area contributed by atoms with Gasteiger partial charge in [-0.25, -0.2) is 9.37 Å². The highest BCUT2D eigenvalue weighted by atomic mass is 35.5. The topological polar surface area (TPSA) is 68.0 Å². The second-order valence-electron chi connectivity index (χ2n) is 4.79. The number of nitrogens with one attached hydrogen (secondary N) is 1. The predicted octanol–water partition coefficient (Wildman–Crippen LogP) is 3.00. The normalized spacial score (nSPS) is 10.5. The summed E-state index contributed by atoms with van der Waals surface area (Å²) in [6.45, 7) is 3.63. The average molecular weight is 308 g/mol. The van der Waals surface area contributed by atoms with Crippen molar-refractivity contribution in [2.45, 2.75) is 20.4 Å². The number of aromatic nitrogens is 1. The molecule has 0 aliphatic rings. The van der Waals surface area contributed by atoms with Crippen molar-refractivity contribution >= 4 is 23.3 Å². The van der Waals surface area contributed by atoms with Gasteiger partial charge in [0.05, 0.1) is 5.02 Å². The first kappa shape index (κ1) is 15.3. The van der Waals surface area contributed by atoms with Crippen LogP contribution < -0.4 is 11.1 Å². The number of carbonyl (C=O) groups excluding carboxylic acids is 1. The summed E-state index contributed by atoms with van der Waals surface area (Å²) >= 11 is 5.92. The van der Waals surface area contributed by atoms with Crippen LogP contribution in [0.3, 0.4) is 0 Å². The van der Waals surface area contributed by atoms with Gasteiger partial charge in [0, 0.05) is 6.54 Å². The fourth-order valence-corrected chi connectivity index (χ4v) is 2.21. The number of nitrogen functional groups attached to an aromatic ring is 1. The molecule has 0 radical (unpaired) electrons. The van der Waals surface area contributed by atoms with Crippen molar-refractivity contribution in [2.24, 2.45) is 0 Å². The second kappa shape index (κ2) is 6.10. The molecule has 21 heavy (non-hydrogen) atoms. The summed E-state index contributed by atoms with van der Waals surface area (Å²) in [5.74, 6) is -0.435. The zero-order chi connectivity index (χ0) is 15.6. The minimum absolute atomic E-state index is 0.0761. The quantitative estimate of drug-likeness (QED) is 0.916. The molecule has 1 amide bonds. The molecule has 6 heteroatoms. The Labute approximate surface area is 127 Å². The lowest BCUT2D eigenvalue weighted by molar-refractivity contribution is 0.0946. The van der Waals surface area contributed by atoms with Crippen LogP contribution in [0.1, 0.15) is 27.2 Å². The second-order valence-corrected chi connectivity index (χ2v) is 5.20. The Bertz CT molecular complexity index is 680. The number of anilines is 1. The van der Waals surface area contributed by atoms with E-state index in [1.54, 1.807) is 26.0 Å². The maximum atomic E-state index is 13.5. The van der Waals surface area contributed by atoms with Gasteiger partial charge in [-0.05, 0) is 42.7 Å². The highest BCUT2D eigenvalue weighted by Gasteiger charge is 2.13. The standard InChI is InChI=1S/C15H15ClFN3O/c1-8-5-10(6-9(2)13(8)17)7-19-15(21)14-11(16)3-4-12(18)20-14/h3-6H,7H2,1-2H3,(H2,18,20)(H,19,21). The summed E-state index contributed by atoms with van der Waals surface area (Å²) in [6, 6.07) is 6.42. The van der Waals surface area contributed by atoms with Gasteiger partial charge in [-0.15, -0.1) is 0 Å². The van der Waals surface area contributed by atoms with Crippen molar-refractivity contribution in [1.82, 2.24) is 10.3 Å². The predicted molar refractivity (Wildman–Crippen MR) is 80.7 cm³/mol. The fraction of sp³-hybridized carbons (Fsp3) is 0.200. The summed E-state index contributed by atoms with van der Waals surface area (Å²) in [7, 11) is 0. The van der Waals surface area contributed by atoms with Crippen molar-refractivity contribution in [3.8, 4) is 0 Å². The summed E-state index contributed by atoms with van der Waals surface area (Å²) < 4.78 is 13.5. The molecule has 0 fully saturated rings. The molecule has 0 saturated carbocycles. The molecule has 0 aliphatic carbocycles. The smallest absolute Gasteiger partial charge is 0.271 e. The Morgan fingerprint density at radius 2 is 1.95 bits per heavy atom. The Morgan fingerprint density at radius 3 is 2.57 bits per heavy atom. The number of aryl methyl sites for hydroxylation is 2. The minimum Gasteiger partial charge on any atom is -0.384 e. The van der Waals surface area contributed by atoms with Gasteiger partial charge in [-0.2, -0.15) is 0 Å². The maximum Gasteiger partial charge on any atom is 0.271 e. The molecule has 0 bridgehead atoms. The fourth-order valence-electron chi connectivity index (χ4n) is 2.02. The summed E-state index contributed by atoms with van der Waals surface area (Å²) in [5.41, 5.74) is 7.50. The summed E-state index contributed by atoms with van der Waals surface area (Å²) in [5, 5.41) is 2.92. The van der Waals surface area contributed by atoms with Gasteiger partial charge in [-0.3, -0.25) is 4.79 Å². The zero-order valence-corrected chi connectivity index (χ0v) is 12.5. The van der Waals surface area contributed by atoms with Gasteiger partial charge in [0.25, 0.3) is 5.91 Å². The van der Waals surface area contributed by atoms with Crippen molar-refractivity contribution in [2.75, 3.05) is 5.73 Å². The molecular formula is C15H15ClFN3O. The SMILES string of the molecule is Cc1cc(CNC(=O)c2nc(N)ccc2Cl)cc(C)c1F.